The molecule has 2 aliphatic heterocycles. The third kappa shape index (κ3) is 4.47. The Hall–Kier alpha value is -1.57. The second-order valence-electron chi connectivity index (χ2n) is 7.20. The zero-order valence-corrected chi connectivity index (χ0v) is 17.3. The van der Waals surface area contributed by atoms with Gasteiger partial charge in [-0.05, 0) is 25.3 Å². The Morgan fingerprint density at radius 2 is 1.93 bits per heavy atom. The zero-order valence-electron chi connectivity index (χ0n) is 16.5. The van der Waals surface area contributed by atoms with E-state index >= 15 is 0 Å². The minimum absolute atomic E-state index is 0. The third-order valence-corrected chi connectivity index (χ3v) is 5.51. The number of nitrogens with zero attached hydrogens (tertiary/aromatic N) is 2. The van der Waals surface area contributed by atoms with Gasteiger partial charge in [-0.3, -0.25) is 9.69 Å². The quantitative estimate of drug-likeness (QED) is 0.737. The third-order valence-electron chi connectivity index (χ3n) is 5.51. The summed E-state index contributed by atoms with van der Waals surface area (Å²) in [4.78, 5) is 32.9. The maximum absolute atomic E-state index is 13.2. The summed E-state index contributed by atoms with van der Waals surface area (Å²) in [6.45, 7) is 9.53. The summed E-state index contributed by atoms with van der Waals surface area (Å²) in [5.74, 6) is -0.370. The molecule has 1 unspecified atom stereocenters. The molecule has 1 atom stereocenters. The number of likely N-dealkylation sites (tertiary alicyclic amines) is 1. The highest BCUT2D eigenvalue weighted by Crippen LogP contribution is 2.25. The number of aryl methyl sites for hydroxylation is 1. The van der Waals surface area contributed by atoms with E-state index in [1.54, 1.807) is 0 Å². The van der Waals surface area contributed by atoms with Gasteiger partial charge in [0.25, 0.3) is 5.91 Å². The number of halogens is 1. The van der Waals surface area contributed by atoms with Crippen LogP contribution in [0.1, 0.15) is 51.9 Å². The standard InChI is InChI=1S/C19H30N4O3.ClH/c1-4-5-15-16(19(25)26-3)13(2)21-17(15)18(24)23-9-6-14(12-23)22-10-7-20-8-11-22;/h14,20-21H,4-12H2,1-3H3;1H. The highest BCUT2D eigenvalue weighted by molar-refractivity contribution is 6.00. The molecule has 0 saturated carbocycles. The van der Waals surface area contributed by atoms with Gasteiger partial charge in [-0.1, -0.05) is 13.3 Å². The summed E-state index contributed by atoms with van der Waals surface area (Å²) in [6.07, 6.45) is 2.56. The molecule has 1 amide bonds. The number of H-pyrrole nitrogens is 1. The van der Waals surface area contributed by atoms with Crippen molar-refractivity contribution in [2.24, 2.45) is 0 Å². The molecule has 2 aliphatic rings. The number of piperazine rings is 1. The van der Waals surface area contributed by atoms with E-state index in [0.717, 1.165) is 57.7 Å². The van der Waals surface area contributed by atoms with Gasteiger partial charge in [-0.2, -0.15) is 0 Å². The lowest BCUT2D eigenvalue weighted by atomic mass is 10.0. The van der Waals surface area contributed by atoms with Gasteiger partial charge in [0.2, 0.25) is 0 Å². The molecule has 8 heteroatoms. The van der Waals surface area contributed by atoms with Gasteiger partial charge in [-0.25, -0.2) is 4.79 Å². The van der Waals surface area contributed by atoms with Gasteiger partial charge in [0, 0.05) is 51.0 Å². The van der Waals surface area contributed by atoms with Crippen molar-refractivity contribution in [2.45, 2.75) is 39.2 Å². The molecule has 1 aromatic rings. The lowest BCUT2D eigenvalue weighted by molar-refractivity contribution is 0.0599. The van der Waals surface area contributed by atoms with E-state index in [2.05, 4.69) is 15.2 Å². The Balaban J connectivity index is 0.00000261. The molecule has 0 aliphatic carbocycles. The van der Waals surface area contributed by atoms with E-state index in [0.29, 0.717) is 29.4 Å². The van der Waals surface area contributed by atoms with E-state index in [-0.39, 0.29) is 24.3 Å². The number of amides is 1. The normalized spacial score (nSPS) is 20.4. The van der Waals surface area contributed by atoms with Crippen LogP contribution in [0.3, 0.4) is 0 Å². The van der Waals surface area contributed by atoms with Gasteiger partial charge >= 0.3 is 5.97 Å². The van der Waals surface area contributed by atoms with Crippen LogP contribution in [0.25, 0.3) is 0 Å². The fraction of sp³-hybridized carbons (Fsp3) is 0.684. The fourth-order valence-electron chi connectivity index (χ4n) is 4.17. The van der Waals surface area contributed by atoms with Crippen LogP contribution in [0.15, 0.2) is 0 Å². The molecule has 3 heterocycles. The number of aromatic nitrogens is 1. The minimum Gasteiger partial charge on any atom is -0.465 e. The van der Waals surface area contributed by atoms with Crippen molar-refractivity contribution in [3.05, 3.63) is 22.5 Å². The SMILES string of the molecule is CCCc1c(C(=O)N2CCC(N3CCNCC3)C2)[nH]c(C)c1C(=O)OC.Cl. The van der Waals surface area contributed by atoms with Gasteiger partial charge in [0.15, 0.2) is 0 Å². The van der Waals surface area contributed by atoms with Crippen LogP contribution in [-0.4, -0.2) is 79.1 Å². The number of esters is 1. The first kappa shape index (κ1) is 21.7. The zero-order chi connectivity index (χ0) is 18.7. The van der Waals surface area contributed by atoms with Crippen molar-refractivity contribution in [3.63, 3.8) is 0 Å². The van der Waals surface area contributed by atoms with Crippen LogP contribution in [0.2, 0.25) is 0 Å². The Labute approximate surface area is 167 Å². The second-order valence-corrected chi connectivity index (χ2v) is 7.20. The second kappa shape index (κ2) is 9.57. The van der Waals surface area contributed by atoms with Crippen LogP contribution in [-0.2, 0) is 11.2 Å². The number of carbonyl (C=O) groups is 2. The summed E-state index contributed by atoms with van der Waals surface area (Å²) in [5, 5.41) is 3.37. The van der Waals surface area contributed by atoms with E-state index in [1.165, 1.54) is 7.11 Å². The molecule has 0 aromatic carbocycles. The molecule has 152 valence electrons. The summed E-state index contributed by atoms with van der Waals surface area (Å²) in [7, 11) is 1.38. The molecule has 0 radical (unpaired) electrons. The molecule has 0 bridgehead atoms. The Bertz CT molecular complexity index is 670. The number of methoxy groups -OCH3 is 1. The Morgan fingerprint density at radius 3 is 2.56 bits per heavy atom. The smallest absolute Gasteiger partial charge is 0.339 e. The molecule has 2 N–H and O–H groups in total. The van der Waals surface area contributed by atoms with E-state index in [9.17, 15) is 9.59 Å². The van der Waals surface area contributed by atoms with Crippen molar-refractivity contribution in [1.29, 1.82) is 0 Å². The number of hydrogen-bond donors (Lipinski definition) is 2. The lowest BCUT2D eigenvalue weighted by Gasteiger charge is -2.32. The summed E-state index contributed by atoms with van der Waals surface area (Å²) >= 11 is 0. The number of rotatable bonds is 5. The number of carbonyl (C=O) groups excluding carboxylic acids is 2. The van der Waals surface area contributed by atoms with E-state index < -0.39 is 0 Å². The molecule has 7 nitrogen and oxygen atoms in total. The molecule has 0 spiro atoms. The van der Waals surface area contributed by atoms with Gasteiger partial charge in [0.1, 0.15) is 5.69 Å². The minimum atomic E-state index is -0.374. The molecular weight excluding hydrogens is 368 g/mol. The van der Waals surface area contributed by atoms with Crippen LogP contribution < -0.4 is 5.32 Å². The largest absolute Gasteiger partial charge is 0.465 e. The highest BCUT2D eigenvalue weighted by atomic mass is 35.5. The maximum atomic E-state index is 13.2. The average molecular weight is 399 g/mol. The first-order valence-corrected chi connectivity index (χ1v) is 9.60. The first-order chi connectivity index (χ1) is 12.6. The fourth-order valence-corrected chi connectivity index (χ4v) is 4.17. The van der Waals surface area contributed by atoms with Crippen molar-refractivity contribution in [3.8, 4) is 0 Å². The number of nitrogens with one attached hydrogen (secondary N) is 2. The van der Waals surface area contributed by atoms with Crippen molar-refractivity contribution < 1.29 is 14.3 Å². The summed E-state index contributed by atoms with van der Waals surface area (Å²) < 4.78 is 4.92. The van der Waals surface area contributed by atoms with Gasteiger partial charge in [0.05, 0.1) is 12.7 Å². The van der Waals surface area contributed by atoms with Crippen LogP contribution in [0.4, 0.5) is 0 Å². The van der Waals surface area contributed by atoms with E-state index in [1.807, 2.05) is 18.7 Å². The van der Waals surface area contributed by atoms with Gasteiger partial charge in [-0.15, -0.1) is 12.4 Å². The van der Waals surface area contributed by atoms with Crippen LogP contribution >= 0.6 is 12.4 Å². The molecular formula is C19H31ClN4O3. The maximum Gasteiger partial charge on any atom is 0.339 e. The summed E-state index contributed by atoms with van der Waals surface area (Å²) in [6, 6.07) is 0.437. The average Bonchev–Trinajstić information content (AvgIpc) is 3.27. The Morgan fingerprint density at radius 1 is 1.22 bits per heavy atom. The Kier molecular flexibility index (Phi) is 7.70. The molecule has 1 aromatic heterocycles. The van der Waals surface area contributed by atoms with Crippen LogP contribution in [0.5, 0.6) is 0 Å². The predicted molar refractivity (Wildman–Crippen MR) is 107 cm³/mol. The topological polar surface area (TPSA) is 77.7 Å². The highest BCUT2D eigenvalue weighted by Gasteiger charge is 2.34. The molecule has 2 saturated heterocycles. The molecule has 27 heavy (non-hydrogen) atoms. The van der Waals surface area contributed by atoms with Crippen molar-refractivity contribution >= 4 is 24.3 Å². The monoisotopic (exact) mass is 398 g/mol. The molecule has 3 rings (SSSR count). The lowest BCUT2D eigenvalue weighted by Crippen LogP contribution is -2.49. The van der Waals surface area contributed by atoms with Crippen molar-refractivity contribution in [1.82, 2.24) is 20.1 Å². The van der Waals surface area contributed by atoms with Crippen LogP contribution in [0, 0.1) is 6.92 Å². The predicted octanol–water partition coefficient (Wildman–Crippen LogP) is 1.60. The number of hydrogen-bond acceptors (Lipinski definition) is 5. The van der Waals surface area contributed by atoms with Gasteiger partial charge < -0.3 is 19.9 Å². The van der Waals surface area contributed by atoms with Crippen molar-refractivity contribution in [2.75, 3.05) is 46.4 Å². The number of ether oxygens (including phenoxy) is 1. The molecule has 2 fully saturated rings. The van der Waals surface area contributed by atoms with E-state index in [4.69, 9.17) is 4.74 Å². The number of aromatic amines is 1. The summed E-state index contributed by atoms with van der Waals surface area (Å²) in [5.41, 5.74) is 2.59. The first-order valence-electron chi connectivity index (χ1n) is 9.60.